The third-order valence-corrected chi connectivity index (χ3v) is 25.9. The summed E-state index contributed by atoms with van der Waals surface area (Å²) in [7, 11) is 8.30. The van der Waals surface area contributed by atoms with Crippen molar-refractivity contribution in [3.63, 3.8) is 0 Å². The summed E-state index contributed by atoms with van der Waals surface area (Å²) in [5, 5.41) is 0. The van der Waals surface area contributed by atoms with Crippen LogP contribution < -0.4 is 0 Å². The molecule has 0 spiro atoms. The Balaban J connectivity index is 0. The molecule has 10 nitrogen and oxygen atoms in total. The maximum atomic E-state index is 13.3. The molecule has 137 heavy (non-hydrogen) atoms. The summed E-state index contributed by atoms with van der Waals surface area (Å²) in [5.41, 5.74) is 0. The molecule has 0 aromatic rings. The standard InChI is InChI=1S/C64H117NO4.C63H115NO4/c1-6-9-12-15-18-21-24-27-30-33-36-39-42-45-48-51-56-62(69-64(66)57-52-53-58-65(4)5)63(68-60-55-50-47-44-41-38-35-32-29-26-23-20-17-14-11-8-3)61-67-59-54-49-46-43-40-37-34-31-28-25-22-19-16-13-10-7-2;1-6-9-12-15-18-21-24-27-30-33-36-39-42-45-48-51-55-61(68-63(65)56-54-57-64(4)5)62(67-59-53-50-47-44-41-38-35-32-29-26-23-20-17-14-11-8-3)60-66-58-52-49-46-43-40-37-34-31-28-25-22-19-16-13-10-7-2/h18-23,27-32,62-63H,6-17,24-26,33-61H2,1-5H3;18-23,27-32,61-62H,6-17,24-26,33-60H2,1-5H3/b2*21-18-,22-19-,23-20-,30-27-,31-28-,32-29-. The molecule has 0 radical (unpaired) electrons. The van der Waals surface area contributed by atoms with Crippen LogP contribution in [0.3, 0.4) is 0 Å². The number of nitrogens with zero attached hydrogens (tertiary/aromatic N) is 2. The van der Waals surface area contributed by atoms with Crippen LogP contribution in [0.25, 0.3) is 0 Å². The van der Waals surface area contributed by atoms with E-state index in [1.165, 1.54) is 385 Å². The zero-order valence-corrected chi connectivity index (χ0v) is 92.8. The highest BCUT2D eigenvalue weighted by molar-refractivity contribution is 5.70. The minimum Gasteiger partial charge on any atom is -0.459 e. The van der Waals surface area contributed by atoms with Crippen LogP contribution in [-0.4, -0.2) is 127 Å². The molecule has 0 bridgehead atoms. The quantitative estimate of drug-likeness (QED) is 0.0333. The highest BCUT2D eigenvalue weighted by Gasteiger charge is 2.28. The van der Waals surface area contributed by atoms with Gasteiger partial charge in [-0.05, 0) is 305 Å². The van der Waals surface area contributed by atoms with Gasteiger partial charge in [-0.1, -0.05) is 419 Å². The summed E-state index contributed by atoms with van der Waals surface area (Å²) >= 11 is 0. The molecule has 0 saturated carbocycles. The number of rotatable bonds is 109. The average molecular weight is 1920 g/mol. The average Bonchev–Trinajstić information content (AvgIpc) is 0.903. The van der Waals surface area contributed by atoms with E-state index < -0.39 is 0 Å². The fourth-order valence-electron chi connectivity index (χ4n) is 17.0. The first-order valence-electron chi connectivity index (χ1n) is 59.5. The van der Waals surface area contributed by atoms with Crippen LogP contribution >= 0.6 is 0 Å². The van der Waals surface area contributed by atoms with Gasteiger partial charge in [-0.3, -0.25) is 9.59 Å². The lowest BCUT2D eigenvalue weighted by atomic mass is 10.0. The number of esters is 2. The zero-order valence-electron chi connectivity index (χ0n) is 92.8. The molecule has 0 saturated heterocycles. The Kier molecular flexibility index (Phi) is 118. The van der Waals surface area contributed by atoms with Gasteiger partial charge in [-0.2, -0.15) is 0 Å². The summed E-state index contributed by atoms with van der Waals surface area (Å²) in [5.74, 6) is -0.171. The van der Waals surface area contributed by atoms with Crippen molar-refractivity contribution < 1.29 is 38.0 Å². The van der Waals surface area contributed by atoms with Crippen LogP contribution in [0.1, 0.15) is 549 Å². The number of ether oxygens (including phenoxy) is 6. The third kappa shape index (κ3) is 115. The molecule has 0 aliphatic carbocycles. The number of carbonyl (C=O) groups is 2. The topological polar surface area (TPSA) is 96.0 Å². The fourth-order valence-corrected chi connectivity index (χ4v) is 17.0. The lowest BCUT2D eigenvalue weighted by molar-refractivity contribution is -0.163. The van der Waals surface area contributed by atoms with Crippen molar-refractivity contribution in [2.24, 2.45) is 0 Å². The minimum atomic E-state index is -0.256. The van der Waals surface area contributed by atoms with Gasteiger partial charge in [0, 0.05) is 39.3 Å². The number of unbranched alkanes of at least 4 members (excludes halogenated alkanes) is 55. The Bertz CT molecular complexity index is 2750. The fraction of sp³-hybridized carbons (Fsp3) is 0.795. The van der Waals surface area contributed by atoms with Crippen LogP contribution in [0.15, 0.2) is 146 Å². The summed E-state index contributed by atoms with van der Waals surface area (Å²) < 4.78 is 38.6. The molecule has 0 aromatic carbocycles. The van der Waals surface area contributed by atoms with E-state index in [1.54, 1.807) is 0 Å². The second-order valence-corrected chi connectivity index (χ2v) is 40.3. The normalized spacial score (nSPS) is 13.4. The van der Waals surface area contributed by atoms with Gasteiger partial charge in [0.15, 0.2) is 0 Å². The van der Waals surface area contributed by atoms with Crippen molar-refractivity contribution in [2.45, 2.75) is 573 Å². The van der Waals surface area contributed by atoms with E-state index in [9.17, 15) is 9.59 Å². The van der Waals surface area contributed by atoms with Gasteiger partial charge in [-0.15, -0.1) is 0 Å². The van der Waals surface area contributed by atoms with Gasteiger partial charge in [0.2, 0.25) is 0 Å². The van der Waals surface area contributed by atoms with E-state index in [1.807, 2.05) is 0 Å². The van der Waals surface area contributed by atoms with Crippen LogP contribution in [0.5, 0.6) is 0 Å². The van der Waals surface area contributed by atoms with Crippen molar-refractivity contribution >= 4 is 11.9 Å². The molecule has 0 amide bonds. The van der Waals surface area contributed by atoms with E-state index in [0.717, 1.165) is 135 Å². The molecule has 0 N–H and O–H groups in total. The Morgan fingerprint density at radius 2 is 0.387 bits per heavy atom. The smallest absolute Gasteiger partial charge is 0.306 e. The molecule has 0 heterocycles. The van der Waals surface area contributed by atoms with E-state index in [-0.39, 0.29) is 36.4 Å². The van der Waals surface area contributed by atoms with Gasteiger partial charge < -0.3 is 38.2 Å². The van der Waals surface area contributed by atoms with Gasteiger partial charge in [-0.25, -0.2) is 0 Å². The first-order chi connectivity index (χ1) is 67.6. The number of carbonyl (C=O) groups excluding carboxylic acids is 2. The van der Waals surface area contributed by atoms with Gasteiger partial charge >= 0.3 is 11.9 Å². The largest absolute Gasteiger partial charge is 0.459 e. The SMILES string of the molecule is CCCCC/C=C\C/C=C\CCCCCCCCOCC(OCCCCCCCC/C=C\C/C=C\CCCCC)C(CCCCCCCC/C=C\C/C=C\CCCCC)OC(=O)CCCCN(C)C.CCCCC/C=C\C/C=C\CCCCCCCCOCC(OCCCCCCCC/C=C\C/C=C\CCCCC)C(CCCCCCCC/C=C\C/C=C\CCCCC)OC(=O)CCCN(C)C. The summed E-state index contributed by atoms with van der Waals surface area (Å²) in [4.78, 5) is 30.8. The molecule has 0 aliphatic heterocycles. The number of hydrogen-bond acceptors (Lipinski definition) is 10. The molecule has 0 rings (SSSR count). The highest BCUT2D eigenvalue weighted by Crippen LogP contribution is 2.24. The Hall–Kier alpha value is -4.42. The summed E-state index contributed by atoms with van der Waals surface area (Å²) in [6.45, 7) is 19.4. The van der Waals surface area contributed by atoms with E-state index in [0.29, 0.717) is 39.3 Å². The van der Waals surface area contributed by atoms with E-state index in [2.05, 4.69) is 225 Å². The van der Waals surface area contributed by atoms with Crippen molar-refractivity contribution in [3.8, 4) is 0 Å². The maximum absolute atomic E-state index is 13.3. The molecule has 798 valence electrons. The maximum Gasteiger partial charge on any atom is 0.306 e. The second-order valence-electron chi connectivity index (χ2n) is 40.3. The Morgan fingerprint density at radius 1 is 0.197 bits per heavy atom. The number of allylic oxidation sites excluding steroid dienone is 24. The molecular weight excluding hydrogens is 1680 g/mol. The number of hydrogen-bond donors (Lipinski definition) is 0. The predicted octanol–water partition coefficient (Wildman–Crippen LogP) is 39.3. The van der Waals surface area contributed by atoms with Gasteiger partial charge in [0.1, 0.15) is 24.4 Å². The summed E-state index contributed by atoms with van der Waals surface area (Å²) in [6.07, 6.45) is 149. The first-order valence-corrected chi connectivity index (χ1v) is 59.5. The molecule has 0 fully saturated rings. The highest BCUT2D eigenvalue weighted by atomic mass is 16.6. The third-order valence-electron chi connectivity index (χ3n) is 25.9. The zero-order chi connectivity index (χ0) is 99.4. The van der Waals surface area contributed by atoms with Crippen LogP contribution in [-0.2, 0) is 38.0 Å². The molecule has 10 heteroatoms. The lowest BCUT2D eigenvalue weighted by Gasteiger charge is -2.28. The summed E-state index contributed by atoms with van der Waals surface area (Å²) in [6, 6.07) is 0. The molecular formula is C127H232N2O8. The minimum absolute atomic E-state index is 0.0775. The lowest BCUT2D eigenvalue weighted by Crippen LogP contribution is -2.38. The van der Waals surface area contributed by atoms with Gasteiger partial charge in [0.05, 0.1) is 13.2 Å². The molecule has 4 atom stereocenters. The van der Waals surface area contributed by atoms with E-state index >= 15 is 0 Å². The van der Waals surface area contributed by atoms with Crippen molar-refractivity contribution in [2.75, 3.05) is 80.9 Å². The van der Waals surface area contributed by atoms with Crippen LogP contribution in [0.2, 0.25) is 0 Å². The second kappa shape index (κ2) is 120. The van der Waals surface area contributed by atoms with Crippen molar-refractivity contribution in [1.82, 2.24) is 9.80 Å². The Morgan fingerprint density at radius 3 is 0.613 bits per heavy atom. The first kappa shape index (κ1) is 135. The van der Waals surface area contributed by atoms with Crippen molar-refractivity contribution in [1.29, 1.82) is 0 Å². The van der Waals surface area contributed by atoms with Crippen LogP contribution in [0.4, 0.5) is 0 Å². The Labute approximate surface area is 854 Å². The van der Waals surface area contributed by atoms with E-state index in [4.69, 9.17) is 28.4 Å². The molecule has 0 aliphatic rings. The monoisotopic (exact) mass is 1910 g/mol. The van der Waals surface area contributed by atoms with Gasteiger partial charge in [0.25, 0.3) is 0 Å². The molecule has 0 aromatic heterocycles. The van der Waals surface area contributed by atoms with Crippen LogP contribution in [0, 0.1) is 0 Å². The predicted molar refractivity (Wildman–Crippen MR) is 606 cm³/mol. The van der Waals surface area contributed by atoms with Crippen molar-refractivity contribution in [3.05, 3.63) is 146 Å². The molecule has 4 unspecified atom stereocenters.